The Bertz CT molecular complexity index is 1100. The van der Waals surface area contributed by atoms with Crippen molar-refractivity contribution in [1.29, 1.82) is 0 Å². The van der Waals surface area contributed by atoms with Gasteiger partial charge in [0.25, 0.3) is 0 Å². The van der Waals surface area contributed by atoms with Crippen molar-refractivity contribution in [2.24, 2.45) is 4.99 Å². The van der Waals surface area contributed by atoms with E-state index in [0.717, 1.165) is 16.6 Å². The molecule has 27 heavy (non-hydrogen) atoms. The summed E-state index contributed by atoms with van der Waals surface area (Å²) in [6, 6.07) is 17.0. The molecule has 2 aromatic carbocycles. The molecule has 0 radical (unpaired) electrons. The second-order valence-electron chi connectivity index (χ2n) is 5.94. The van der Waals surface area contributed by atoms with Crippen LogP contribution in [0.15, 0.2) is 72.0 Å². The zero-order valence-corrected chi connectivity index (χ0v) is 14.5. The molecule has 4 aromatic rings. The van der Waals surface area contributed by atoms with E-state index in [0.29, 0.717) is 29.9 Å². The van der Waals surface area contributed by atoms with Crippen LogP contribution >= 0.6 is 0 Å². The van der Waals surface area contributed by atoms with Crippen molar-refractivity contribution in [3.05, 3.63) is 67.0 Å². The number of ether oxygens (including phenoxy) is 1. The van der Waals surface area contributed by atoms with Gasteiger partial charge in [-0.1, -0.05) is 6.07 Å². The molecular weight excluding hydrogens is 340 g/mol. The van der Waals surface area contributed by atoms with Gasteiger partial charge in [-0.25, -0.2) is 4.98 Å². The third-order valence-corrected chi connectivity index (χ3v) is 3.99. The third kappa shape index (κ3) is 3.72. The van der Waals surface area contributed by atoms with E-state index in [2.05, 4.69) is 27.0 Å². The first-order chi connectivity index (χ1) is 13.2. The molecule has 0 aliphatic carbocycles. The van der Waals surface area contributed by atoms with Crippen LogP contribution in [0.2, 0.25) is 0 Å². The van der Waals surface area contributed by atoms with E-state index < -0.39 is 0 Å². The molecular formula is C20H18N6O. The highest BCUT2D eigenvalue weighted by atomic mass is 16.5. The lowest BCUT2D eigenvalue weighted by atomic mass is 10.2. The van der Waals surface area contributed by atoms with Gasteiger partial charge in [0.05, 0.1) is 0 Å². The predicted molar refractivity (Wildman–Crippen MR) is 108 cm³/mol. The topological polar surface area (TPSA) is 90.3 Å². The monoisotopic (exact) mass is 358 g/mol. The van der Waals surface area contributed by atoms with Gasteiger partial charge in [0.15, 0.2) is 0 Å². The molecule has 2 heterocycles. The van der Waals surface area contributed by atoms with Gasteiger partial charge in [-0.15, -0.1) is 0 Å². The quantitative estimate of drug-likeness (QED) is 0.398. The minimum atomic E-state index is 0.433. The zero-order chi connectivity index (χ0) is 18.6. The summed E-state index contributed by atoms with van der Waals surface area (Å²) in [6.07, 6.45) is 3.61. The molecule has 134 valence electrons. The van der Waals surface area contributed by atoms with Crippen molar-refractivity contribution in [2.75, 3.05) is 11.1 Å². The summed E-state index contributed by atoms with van der Waals surface area (Å²) in [5.74, 6) is 1.57. The normalized spacial score (nSPS) is 10.7. The van der Waals surface area contributed by atoms with Crippen LogP contribution in [0.4, 0.5) is 17.3 Å². The molecule has 0 aliphatic rings. The van der Waals surface area contributed by atoms with E-state index in [-0.39, 0.29) is 0 Å². The molecule has 7 heteroatoms. The summed E-state index contributed by atoms with van der Waals surface area (Å²) in [7, 11) is 0. The summed E-state index contributed by atoms with van der Waals surface area (Å²) in [4.78, 5) is 12.5. The number of rotatable bonds is 6. The average Bonchev–Trinajstić information content (AvgIpc) is 3.05. The van der Waals surface area contributed by atoms with Crippen LogP contribution in [-0.4, -0.2) is 21.3 Å². The fraction of sp³-hybridized carbons (Fsp3) is 0.0500. The third-order valence-electron chi connectivity index (χ3n) is 3.99. The molecule has 4 rings (SSSR count). The van der Waals surface area contributed by atoms with Gasteiger partial charge >= 0.3 is 0 Å². The molecule has 0 atom stereocenters. The molecule has 0 unspecified atom stereocenters. The molecule has 0 amide bonds. The molecule has 0 aliphatic heterocycles. The number of anilines is 3. The fourth-order valence-electron chi connectivity index (χ4n) is 2.80. The Balaban J connectivity index is 1.54. The highest BCUT2D eigenvalue weighted by Gasteiger charge is 2.06. The Kier molecular flexibility index (Phi) is 4.40. The van der Waals surface area contributed by atoms with E-state index in [1.165, 1.54) is 0 Å². The Morgan fingerprint density at radius 1 is 1.15 bits per heavy atom. The summed E-state index contributed by atoms with van der Waals surface area (Å²) < 4.78 is 7.92. The lowest BCUT2D eigenvalue weighted by Gasteiger charge is -2.08. The molecule has 0 saturated heterocycles. The van der Waals surface area contributed by atoms with E-state index in [9.17, 15) is 0 Å². The van der Waals surface area contributed by atoms with Gasteiger partial charge in [0.1, 0.15) is 12.4 Å². The molecule has 3 N–H and O–H groups in total. The van der Waals surface area contributed by atoms with Crippen molar-refractivity contribution in [3.8, 4) is 11.6 Å². The number of aliphatic imine (C=N–C) groups is 1. The maximum atomic E-state index is 5.90. The molecule has 2 aromatic heterocycles. The largest absolute Gasteiger partial charge is 0.439 e. The second kappa shape index (κ2) is 7.17. The first-order valence-corrected chi connectivity index (χ1v) is 8.36. The van der Waals surface area contributed by atoms with Crippen LogP contribution < -0.4 is 15.8 Å². The molecule has 0 bridgehead atoms. The number of benzene rings is 2. The van der Waals surface area contributed by atoms with Crippen LogP contribution in [0.25, 0.3) is 10.9 Å². The number of hydrogen-bond donors (Lipinski definition) is 2. The summed E-state index contributed by atoms with van der Waals surface area (Å²) in [6.45, 7) is 4.06. The number of nitrogens with one attached hydrogen (secondary N) is 1. The predicted octanol–water partition coefficient (Wildman–Crippen LogP) is 4.21. The summed E-state index contributed by atoms with van der Waals surface area (Å²) in [5, 5.41) is 4.17. The number of fused-ring (bicyclic) bond motifs is 1. The van der Waals surface area contributed by atoms with E-state index in [4.69, 9.17) is 10.5 Å². The average molecular weight is 358 g/mol. The van der Waals surface area contributed by atoms with E-state index >= 15 is 0 Å². The van der Waals surface area contributed by atoms with Gasteiger partial charge in [-0.3, -0.25) is 4.99 Å². The first kappa shape index (κ1) is 16.6. The standard InChI is InChI=1S/C20H18N6O/c1-22-13-26-10-8-14-11-17(5-6-18(14)26)27-19-7-9-23-20(25-19)24-16-4-2-3-15(21)12-16/h2-12H,1,13,21H2,(H,23,24,25). The van der Waals surface area contributed by atoms with Gasteiger partial charge in [-0.05, 0) is 49.2 Å². The highest BCUT2D eigenvalue weighted by molar-refractivity contribution is 5.81. The van der Waals surface area contributed by atoms with E-state index in [1.807, 2.05) is 59.3 Å². The maximum absolute atomic E-state index is 5.90. The van der Waals surface area contributed by atoms with Crippen molar-refractivity contribution in [1.82, 2.24) is 14.5 Å². The Morgan fingerprint density at radius 3 is 2.93 bits per heavy atom. The highest BCUT2D eigenvalue weighted by Crippen LogP contribution is 2.26. The molecule has 0 saturated carbocycles. The van der Waals surface area contributed by atoms with Crippen LogP contribution in [-0.2, 0) is 6.67 Å². The Labute approximate surface area is 156 Å². The van der Waals surface area contributed by atoms with Crippen LogP contribution in [0.1, 0.15) is 0 Å². The lowest BCUT2D eigenvalue weighted by molar-refractivity contribution is 0.463. The SMILES string of the molecule is C=NCn1ccc2cc(Oc3ccnc(Nc4cccc(N)c4)n3)ccc21. The molecule has 0 fully saturated rings. The fourth-order valence-corrected chi connectivity index (χ4v) is 2.80. The lowest BCUT2D eigenvalue weighted by Crippen LogP contribution is -1.99. The molecule has 7 nitrogen and oxygen atoms in total. The van der Waals surface area contributed by atoms with Gasteiger partial charge in [0, 0.05) is 40.7 Å². The number of aromatic nitrogens is 3. The summed E-state index contributed by atoms with van der Waals surface area (Å²) >= 11 is 0. The minimum absolute atomic E-state index is 0.433. The van der Waals surface area contributed by atoms with Crippen LogP contribution in [0.5, 0.6) is 11.6 Å². The smallest absolute Gasteiger partial charge is 0.230 e. The minimum Gasteiger partial charge on any atom is -0.439 e. The maximum Gasteiger partial charge on any atom is 0.230 e. The van der Waals surface area contributed by atoms with Crippen molar-refractivity contribution >= 4 is 34.9 Å². The van der Waals surface area contributed by atoms with Gasteiger partial charge in [0.2, 0.25) is 11.8 Å². The zero-order valence-electron chi connectivity index (χ0n) is 14.5. The Morgan fingerprint density at radius 2 is 2.07 bits per heavy atom. The van der Waals surface area contributed by atoms with Gasteiger partial charge in [-0.2, -0.15) is 4.98 Å². The number of nitrogens with zero attached hydrogens (tertiary/aromatic N) is 4. The van der Waals surface area contributed by atoms with Crippen LogP contribution in [0, 0.1) is 0 Å². The molecule has 0 spiro atoms. The summed E-state index contributed by atoms with van der Waals surface area (Å²) in [5.41, 5.74) is 8.34. The number of hydrogen-bond acceptors (Lipinski definition) is 6. The van der Waals surface area contributed by atoms with Crippen molar-refractivity contribution < 1.29 is 4.74 Å². The van der Waals surface area contributed by atoms with Gasteiger partial charge < -0.3 is 20.4 Å². The van der Waals surface area contributed by atoms with Crippen LogP contribution in [0.3, 0.4) is 0 Å². The number of nitrogen functional groups attached to an aromatic ring is 1. The van der Waals surface area contributed by atoms with Crippen molar-refractivity contribution in [3.63, 3.8) is 0 Å². The van der Waals surface area contributed by atoms with E-state index in [1.54, 1.807) is 12.3 Å². The first-order valence-electron chi connectivity index (χ1n) is 8.36. The Hall–Kier alpha value is -3.87. The van der Waals surface area contributed by atoms with Crippen molar-refractivity contribution in [2.45, 2.75) is 6.67 Å². The number of nitrogens with two attached hydrogens (primary N) is 1. The second-order valence-corrected chi connectivity index (χ2v) is 5.94.